The Kier molecular flexibility index (Phi) is 3.92. The summed E-state index contributed by atoms with van der Waals surface area (Å²) in [5, 5.41) is 1.90. The highest BCUT2D eigenvalue weighted by atomic mass is 16.3. The zero-order valence-corrected chi connectivity index (χ0v) is 26.3. The molecule has 4 aromatic heterocycles. The van der Waals surface area contributed by atoms with E-state index in [1.54, 1.807) is 34.9 Å². The van der Waals surface area contributed by atoms with Crippen molar-refractivity contribution in [2.24, 2.45) is 0 Å². The van der Waals surface area contributed by atoms with E-state index in [1.165, 1.54) is 28.8 Å². The summed E-state index contributed by atoms with van der Waals surface area (Å²) in [6.45, 7) is 0. The second kappa shape index (κ2) is 10.7. The molecule has 4 heterocycles. The lowest BCUT2D eigenvalue weighted by Crippen LogP contribution is -2.07. The summed E-state index contributed by atoms with van der Waals surface area (Å²) >= 11 is 0. The Morgan fingerprint density at radius 1 is 0.451 bits per heavy atom. The average Bonchev–Trinajstić information content (AvgIpc) is 3.95. The van der Waals surface area contributed by atoms with E-state index in [4.69, 9.17) is 35.8 Å². The lowest BCUT2D eigenvalue weighted by molar-refractivity contribution is 0.669. The molecule has 0 saturated carbocycles. The van der Waals surface area contributed by atoms with Gasteiger partial charge in [-0.3, -0.25) is 4.57 Å². The molecular formula is C45H27N5O. The molecule has 0 unspecified atom stereocenters. The van der Waals surface area contributed by atoms with Crippen LogP contribution < -0.4 is 0 Å². The highest BCUT2D eigenvalue weighted by Crippen LogP contribution is 2.38. The number of hydrogen-bond acceptors (Lipinski definition) is 4. The van der Waals surface area contributed by atoms with Crippen molar-refractivity contribution in [2.45, 2.75) is 0 Å². The molecule has 0 atom stereocenters. The minimum Gasteiger partial charge on any atom is -0.456 e. The van der Waals surface area contributed by atoms with Crippen molar-refractivity contribution in [3.63, 3.8) is 0 Å². The molecule has 0 saturated heterocycles. The molecule has 0 fully saturated rings. The molecular weight excluding hydrogens is 627 g/mol. The van der Waals surface area contributed by atoms with Gasteiger partial charge in [0.05, 0.1) is 44.2 Å². The minimum atomic E-state index is -0.309. The minimum absolute atomic E-state index is 0.0128. The van der Waals surface area contributed by atoms with Gasteiger partial charge in [0.1, 0.15) is 11.2 Å². The highest BCUT2D eigenvalue weighted by Gasteiger charge is 2.21. The number of fused-ring (bicyclic) bond motifs is 9. The first-order valence-corrected chi connectivity index (χ1v) is 16.0. The van der Waals surface area contributed by atoms with Gasteiger partial charge in [-0.2, -0.15) is 9.97 Å². The Morgan fingerprint density at radius 2 is 1.00 bits per heavy atom. The monoisotopic (exact) mass is 665 g/mol. The zero-order valence-electron chi connectivity index (χ0n) is 38.3. The third-order valence-corrected chi connectivity index (χ3v) is 9.10. The van der Waals surface area contributed by atoms with Crippen molar-refractivity contribution in [2.75, 3.05) is 0 Å². The van der Waals surface area contributed by atoms with Gasteiger partial charge < -0.3 is 8.98 Å². The Balaban J connectivity index is 1.28. The topological polar surface area (TPSA) is 61.7 Å². The van der Waals surface area contributed by atoms with Crippen molar-refractivity contribution in [3.8, 4) is 34.4 Å². The molecule has 11 rings (SSSR count). The number of para-hydroxylation sites is 6. The first-order chi connectivity index (χ1) is 30.2. The van der Waals surface area contributed by atoms with E-state index >= 15 is 0 Å². The van der Waals surface area contributed by atoms with Gasteiger partial charge in [0.15, 0.2) is 11.6 Å². The van der Waals surface area contributed by atoms with Crippen LogP contribution in [0.1, 0.15) is 16.4 Å². The molecule has 51 heavy (non-hydrogen) atoms. The lowest BCUT2D eigenvalue weighted by atomic mass is 10.1. The third kappa shape index (κ3) is 4.14. The van der Waals surface area contributed by atoms with Crippen LogP contribution in [0.2, 0.25) is 0 Å². The van der Waals surface area contributed by atoms with E-state index < -0.39 is 0 Å². The van der Waals surface area contributed by atoms with Gasteiger partial charge in [0.2, 0.25) is 5.95 Å². The van der Waals surface area contributed by atoms with Crippen LogP contribution in [0.3, 0.4) is 0 Å². The van der Waals surface area contributed by atoms with Gasteiger partial charge in [-0.15, -0.1) is 0 Å². The summed E-state index contributed by atoms with van der Waals surface area (Å²) in [6.07, 6.45) is 0. The summed E-state index contributed by atoms with van der Waals surface area (Å²) in [6, 6.07) is 21.7. The largest absolute Gasteiger partial charge is 0.456 e. The number of benzene rings is 7. The van der Waals surface area contributed by atoms with Crippen molar-refractivity contribution in [3.05, 3.63) is 164 Å². The Bertz CT molecular complexity index is 3720. The molecule has 0 aliphatic rings. The maximum absolute atomic E-state index is 9.11. The van der Waals surface area contributed by atoms with E-state index in [0.717, 1.165) is 10.8 Å². The summed E-state index contributed by atoms with van der Waals surface area (Å²) in [5.41, 5.74) is 2.63. The summed E-state index contributed by atoms with van der Waals surface area (Å²) in [5.74, 6) is 0.000000851. The standard InChI is InChI=1S/C45H27N5O/c1-7-19-36-29(13-1)30-14-2-8-20-37(30)49(36)40-23-11-5-18-35(40)44-46-43(28-25-26-34-33-17-6-12-24-41(33)51-42(34)27-28)47-45(48-44)50-38-21-9-3-15-31(38)32-16-4-10-22-39(32)50/h1-27H/i1D,2D,3D,4D,13D,14D,15D,16D,19D,20D,21D,22D. The molecule has 0 amide bonds. The predicted octanol–water partition coefficient (Wildman–Crippen LogP) is 11.3. The second-order valence-electron chi connectivity index (χ2n) is 11.9. The number of furan rings is 1. The molecule has 0 bridgehead atoms. The van der Waals surface area contributed by atoms with Gasteiger partial charge in [0.25, 0.3) is 0 Å². The molecule has 0 radical (unpaired) electrons. The van der Waals surface area contributed by atoms with Crippen LogP contribution in [-0.2, 0) is 0 Å². The molecule has 0 N–H and O–H groups in total. The van der Waals surface area contributed by atoms with Crippen LogP contribution in [0, 0.1) is 0 Å². The lowest BCUT2D eigenvalue weighted by Gasteiger charge is -2.15. The first kappa shape index (κ1) is 18.6. The third-order valence-electron chi connectivity index (χ3n) is 9.10. The van der Waals surface area contributed by atoms with Crippen molar-refractivity contribution in [1.82, 2.24) is 24.1 Å². The molecule has 0 aliphatic carbocycles. The number of rotatable bonds is 4. The van der Waals surface area contributed by atoms with Gasteiger partial charge in [-0.25, -0.2) is 4.98 Å². The van der Waals surface area contributed by atoms with E-state index in [2.05, 4.69) is 0 Å². The molecule has 6 nitrogen and oxygen atoms in total. The van der Waals surface area contributed by atoms with Gasteiger partial charge in [0, 0.05) is 43.4 Å². The normalized spacial score (nSPS) is 15.2. The van der Waals surface area contributed by atoms with E-state index in [9.17, 15) is 0 Å². The Morgan fingerprint density at radius 3 is 1.67 bits per heavy atom. The Labute approximate surface area is 308 Å². The summed E-state index contributed by atoms with van der Waals surface area (Å²) in [4.78, 5) is 14.9. The van der Waals surface area contributed by atoms with E-state index in [1.807, 2.05) is 36.4 Å². The molecule has 11 aromatic rings. The van der Waals surface area contributed by atoms with Crippen LogP contribution in [0.25, 0.3) is 100.0 Å². The molecule has 0 spiro atoms. The SMILES string of the molecule is [2H]c1cc([2H])c2c(c1[2H])c1c([2H])c([2H])cc([2H])c1n2-c1nc(-c2ccc3c(c2)oc2ccccc23)nc(-c2ccccc2-n2c3c([2H])cc([2H])c([2H])c3c3c([2H])c([2H])cc([2H])c32)n1. The van der Waals surface area contributed by atoms with Crippen LogP contribution in [0.15, 0.2) is 168 Å². The molecule has 6 heteroatoms. The molecule has 0 aliphatic heterocycles. The maximum atomic E-state index is 9.11. The van der Waals surface area contributed by atoms with Gasteiger partial charge in [-0.05, 0) is 54.5 Å². The van der Waals surface area contributed by atoms with Gasteiger partial charge in [-0.1, -0.05) is 109 Å². The quantitative estimate of drug-likeness (QED) is 0.188. The van der Waals surface area contributed by atoms with Crippen LogP contribution in [0.4, 0.5) is 0 Å². The van der Waals surface area contributed by atoms with Crippen molar-refractivity contribution >= 4 is 65.6 Å². The van der Waals surface area contributed by atoms with Crippen molar-refractivity contribution < 1.29 is 20.9 Å². The van der Waals surface area contributed by atoms with Crippen LogP contribution in [0.5, 0.6) is 0 Å². The second-order valence-corrected chi connectivity index (χ2v) is 11.9. The smallest absolute Gasteiger partial charge is 0.238 e. The fraction of sp³-hybridized carbons (Fsp3) is 0. The molecule has 7 aromatic carbocycles. The fourth-order valence-electron chi connectivity index (χ4n) is 6.91. The van der Waals surface area contributed by atoms with Crippen molar-refractivity contribution in [1.29, 1.82) is 0 Å². The van der Waals surface area contributed by atoms with E-state index in [-0.39, 0.29) is 134 Å². The number of aromatic nitrogens is 5. The molecule has 238 valence electrons. The highest BCUT2D eigenvalue weighted by molar-refractivity contribution is 6.10. The van der Waals surface area contributed by atoms with Crippen LogP contribution in [-0.4, -0.2) is 24.1 Å². The summed E-state index contributed by atoms with van der Waals surface area (Å²) in [7, 11) is 0. The van der Waals surface area contributed by atoms with E-state index in [0.29, 0.717) is 28.0 Å². The predicted molar refractivity (Wildman–Crippen MR) is 207 cm³/mol. The Hall–Kier alpha value is -7.05. The fourth-order valence-corrected chi connectivity index (χ4v) is 6.91. The maximum Gasteiger partial charge on any atom is 0.238 e. The summed E-state index contributed by atoms with van der Waals surface area (Å²) < 4.78 is 115. The average molecular weight is 666 g/mol. The van der Waals surface area contributed by atoms with Gasteiger partial charge >= 0.3 is 0 Å². The number of hydrogen-bond donors (Lipinski definition) is 0. The number of nitrogens with zero attached hydrogens (tertiary/aromatic N) is 5. The van der Waals surface area contributed by atoms with Crippen LogP contribution >= 0.6 is 0 Å². The first-order valence-electron chi connectivity index (χ1n) is 22.0. The zero-order chi connectivity index (χ0) is 43.9.